The molecule has 4 nitrogen and oxygen atoms in total. The number of halogens is 1. The Bertz CT molecular complexity index is 520. The summed E-state index contributed by atoms with van der Waals surface area (Å²) in [6.45, 7) is 1.94. The third-order valence-corrected chi connectivity index (χ3v) is 2.93. The number of rotatable bonds is 2. The van der Waals surface area contributed by atoms with Crippen LogP contribution < -0.4 is 10.5 Å². The lowest BCUT2D eigenvalue weighted by molar-refractivity contribution is 0.412. The van der Waals surface area contributed by atoms with Gasteiger partial charge in [0, 0.05) is 18.7 Å². The molecule has 90 valence electrons. The molecular weight excluding hydrogens is 238 g/mol. The Morgan fingerprint density at radius 1 is 1.35 bits per heavy atom. The Kier molecular flexibility index (Phi) is 2.98. The van der Waals surface area contributed by atoms with E-state index in [0.29, 0.717) is 16.6 Å². The van der Waals surface area contributed by atoms with Crippen LogP contribution in [0.25, 0.3) is 11.3 Å². The molecule has 5 heteroatoms. The van der Waals surface area contributed by atoms with E-state index in [-0.39, 0.29) is 0 Å². The first-order chi connectivity index (χ1) is 8.02. The molecule has 1 heterocycles. The van der Waals surface area contributed by atoms with Crippen LogP contribution in [0.2, 0.25) is 5.02 Å². The molecule has 2 N–H and O–H groups in total. The van der Waals surface area contributed by atoms with Crippen molar-refractivity contribution in [2.24, 2.45) is 7.05 Å². The fourth-order valence-electron chi connectivity index (χ4n) is 1.76. The summed E-state index contributed by atoms with van der Waals surface area (Å²) in [6, 6.07) is 5.62. The van der Waals surface area contributed by atoms with E-state index in [1.165, 1.54) is 0 Å². The number of aryl methyl sites for hydroxylation is 2. The monoisotopic (exact) mass is 251 g/mol. The second kappa shape index (κ2) is 4.30. The third-order valence-electron chi connectivity index (χ3n) is 2.65. The van der Waals surface area contributed by atoms with Gasteiger partial charge in [-0.2, -0.15) is 5.10 Å². The van der Waals surface area contributed by atoms with Gasteiger partial charge in [-0.05, 0) is 24.6 Å². The quantitative estimate of drug-likeness (QED) is 0.893. The van der Waals surface area contributed by atoms with Crippen molar-refractivity contribution in [3.05, 3.63) is 28.8 Å². The molecule has 17 heavy (non-hydrogen) atoms. The largest absolute Gasteiger partial charge is 0.495 e. The minimum atomic E-state index is 0.576. The van der Waals surface area contributed by atoms with Crippen LogP contribution >= 0.6 is 11.6 Å². The molecule has 0 aliphatic heterocycles. The lowest BCUT2D eigenvalue weighted by Gasteiger charge is -2.08. The minimum absolute atomic E-state index is 0.576. The molecule has 0 saturated carbocycles. The molecule has 1 aromatic heterocycles. The molecule has 0 aliphatic carbocycles. The molecule has 0 amide bonds. The molecule has 0 unspecified atom stereocenters. The number of nitrogen functional groups attached to an aromatic ring is 1. The normalized spacial score (nSPS) is 10.6. The lowest BCUT2D eigenvalue weighted by atomic mass is 10.1. The molecule has 0 radical (unpaired) electrons. The van der Waals surface area contributed by atoms with Gasteiger partial charge in [0.05, 0.1) is 17.8 Å². The number of ether oxygens (including phenoxy) is 1. The van der Waals surface area contributed by atoms with Gasteiger partial charge in [-0.25, -0.2) is 0 Å². The van der Waals surface area contributed by atoms with Crippen molar-refractivity contribution >= 4 is 17.4 Å². The van der Waals surface area contributed by atoms with E-state index in [1.54, 1.807) is 18.8 Å². The van der Waals surface area contributed by atoms with Gasteiger partial charge >= 0.3 is 0 Å². The van der Waals surface area contributed by atoms with E-state index < -0.39 is 0 Å². The van der Waals surface area contributed by atoms with E-state index in [0.717, 1.165) is 16.8 Å². The summed E-state index contributed by atoms with van der Waals surface area (Å²) in [5.74, 6) is 1.31. The van der Waals surface area contributed by atoms with Gasteiger partial charge in [-0.1, -0.05) is 11.6 Å². The van der Waals surface area contributed by atoms with Gasteiger partial charge < -0.3 is 10.5 Å². The molecule has 2 aromatic rings. The van der Waals surface area contributed by atoms with Crippen molar-refractivity contribution in [3.63, 3.8) is 0 Å². The first-order valence-electron chi connectivity index (χ1n) is 5.17. The summed E-state index contributed by atoms with van der Waals surface area (Å²) in [7, 11) is 3.41. The van der Waals surface area contributed by atoms with Crippen LogP contribution in [0, 0.1) is 6.92 Å². The highest BCUT2D eigenvalue weighted by molar-refractivity contribution is 6.32. The van der Waals surface area contributed by atoms with Crippen LogP contribution in [0.5, 0.6) is 5.75 Å². The van der Waals surface area contributed by atoms with E-state index in [2.05, 4.69) is 5.10 Å². The van der Waals surface area contributed by atoms with Gasteiger partial charge in [0.25, 0.3) is 0 Å². The number of methoxy groups -OCH3 is 1. The van der Waals surface area contributed by atoms with Crippen molar-refractivity contribution in [1.29, 1.82) is 0 Å². The fourth-order valence-corrected chi connectivity index (χ4v) is 2.10. The molecule has 1 aromatic carbocycles. The summed E-state index contributed by atoms with van der Waals surface area (Å²) in [6.07, 6.45) is 0. The zero-order chi connectivity index (χ0) is 12.6. The molecule has 0 atom stereocenters. The van der Waals surface area contributed by atoms with E-state index in [4.69, 9.17) is 22.1 Å². The Labute approximate surface area is 105 Å². The second-order valence-electron chi connectivity index (χ2n) is 3.89. The van der Waals surface area contributed by atoms with E-state index >= 15 is 0 Å². The van der Waals surface area contributed by atoms with E-state index in [1.807, 2.05) is 25.1 Å². The van der Waals surface area contributed by atoms with Gasteiger partial charge in [0.15, 0.2) is 0 Å². The zero-order valence-corrected chi connectivity index (χ0v) is 10.7. The fraction of sp³-hybridized carbons (Fsp3) is 0.250. The number of aromatic nitrogens is 2. The summed E-state index contributed by atoms with van der Waals surface area (Å²) in [5.41, 5.74) is 8.46. The van der Waals surface area contributed by atoms with Gasteiger partial charge in [0.2, 0.25) is 0 Å². The number of benzene rings is 1. The average molecular weight is 252 g/mol. The predicted octanol–water partition coefficient (Wildman–Crippen LogP) is 2.64. The summed E-state index contributed by atoms with van der Waals surface area (Å²) in [5, 5.41) is 4.89. The number of hydrogen-bond donors (Lipinski definition) is 1. The second-order valence-corrected chi connectivity index (χ2v) is 4.29. The standard InChI is InChI=1S/C12H14ClN3O/c1-7-4-8(5-9(13)12(7)17-3)10-6-11(14)16(2)15-10/h4-6H,14H2,1-3H3. The number of anilines is 1. The molecule has 0 saturated heterocycles. The molecule has 0 aliphatic rings. The number of nitrogens with zero attached hydrogens (tertiary/aromatic N) is 2. The summed E-state index contributed by atoms with van der Waals surface area (Å²) < 4.78 is 6.84. The minimum Gasteiger partial charge on any atom is -0.495 e. The van der Waals surface area contributed by atoms with Crippen LogP contribution in [0.4, 0.5) is 5.82 Å². The maximum atomic E-state index is 6.14. The van der Waals surface area contributed by atoms with Gasteiger partial charge in [-0.3, -0.25) is 4.68 Å². The van der Waals surface area contributed by atoms with Crippen LogP contribution in [0.15, 0.2) is 18.2 Å². The molecule has 0 fully saturated rings. The van der Waals surface area contributed by atoms with Crippen LogP contribution in [0.3, 0.4) is 0 Å². The molecule has 0 bridgehead atoms. The van der Waals surface area contributed by atoms with Crippen molar-refractivity contribution < 1.29 is 4.74 Å². The Hall–Kier alpha value is -1.68. The van der Waals surface area contributed by atoms with Crippen molar-refractivity contribution in [2.45, 2.75) is 6.92 Å². The van der Waals surface area contributed by atoms with Gasteiger partial charge in [-0.15, -0.1) is 0 Å². The third kappa shape index (κ3) is 2.08. The predicted molar refractivity (Wildman–Crippen MR) is 69.4 cm³/mol. The van der Waals surface area contributed by atoms with Crippen molar-refractivity contribution in [2.75, 3.05) is 12.8 Å². The SMILES string of the molecule is COc1c(C)cc(-c2cc(N)n(C)n2)cc1Cl. The summed E-state index contributed by atoms with van der Waals surface area (Å²) >= 11 is 6.14. The first kappa shape index (κ1) is 11.8. The van der Waals surface area contributed by atoms with Crippen molar-refractivity contribution in [1.82, 2.24) is 9.78 Å². The van der Waals surface area contributed by atoms with Crippen LogP contribution in [0.1, 0.15) is 5.56 Å². The summed E-state index contributed by atoms with van der Waals surface area (Å²) in [4.78, 5) is 0. The molecule has 2 rings (SSSR count). The molecular formula is C12H14ClN3O. The van der Waals surface area contributed by atoms with Crippen LogP contribution in [-0.2, 0) is 7.05 Å². The molecule has 0 spiro atoms. The average Bonchev–Trinajstić information content (AvgIpc) is 2.59. The maximum absolute atomic E-state index is 6.14. The topological polar surface area (TPSA) is 53.1 Å². The highest BCUT2D eigenvalue weighted by atomic mass is 35.5. The highest BCUT2D eigenvalue weighted by Gasteiger charge is 2.11. The maximum Gasteiger partial charge on any atom is 0.140 e. The Balaban J connectivity index is 2.54. The highest BCUT2D eigenvalue weighted by Crippen LogP contribution is 2.33. The smallest absolute Gasteiger partial charge is 0.140 e. The van der Waals surface area contributed by atoms with Crippen molar-refractivity contribution in [3.8, 4) is 17.0 Å². The zero-order valence-electron chi connectivity index (χ0n) is 9.99. The Morgan fingerprint density at radius 3 is 2.53 bits per heavy atom. The lowest BCUT2D eigenvalue weighted by Crippen LogP contribution is -1.96. The number of nitrogens with two attached hydrogens (primary N) is 1. The van der Waals surface area contributed by atoms with E-state index in [9.17, 15) is 0 Å². The van der Waals surface area contributed by atoms with Crippen LogP contribution in [-0.4, -0.2) is 16.9 Å². The number of hydrogen-bond acceptors (Lipinski definition) is 3. The Morgan fingerprint density at radius 2 is 2.06 bits per heavy atom. The first-order valence-corrected chi connectivity index (χ1v) is 5.54. The van der Waals surface area contributed by atoms with Gasteiger partial charge in [0.1, 0.15) is 11.6 Å².